The van der Waals surface area contributed by atoms with Crippen LogP contribution in [0.15, 0.2) is 24.3 Å². The van der Waals surface area contributed by atoms with E-state index in [-0.39, 0.29) is 0 Å². The van der Waals surface area contributed by atoms with Crippen LogP contribution in [0.5, 0.6) is 0 Å². The van der Waals surface area contributed by atoms with Crippen molar-refractivity contribution in [2.75, 3.05) is 5.73 Å². The molecule has 2 N–H and O–H groups in total. The van der Waals surface area contributed by atoms with Gasteiger partial charge >= 0.3 is 0 Å². The van der Waals surface area contributed by atoms with Gasteiger partial charge in [0.1, 0.15) is 0 Å². The number of aromatic nitrogens is 1. The average Bonchev–Trinajstić information content (AvgIpc) is 2.39. The molecule has 0 aliphatic rings. The van der Waals surface area contributed by atoms with E-state index in [1.807, 2.05) is 12.1 Å². The quantitative estimate of drug-likeness (QED) is 0.685. The summed E-state index contributed by atoms with van der Waals surface area (Å²) in [6.45, 7) is 6.53. The molecule has 0 aliphatic carbocycles. The van der Waals surface area contributed by atoms with Gasteiger partial charge in [0.05, 0.1) is 0 Å². The van der Waals surface area contributed by atoms with E-state index in [1.165, 1.54) is 16.6 Å². The highest BCUT2D eigenvalue weighted by Gasteiger charge is 2.07. The Morgan fingerprint density at radius 2 is 1.93 bits per heavy atom. The fourth-order valence-electron chi connectivity index (χ4n) is 2.08. The number of fused-ring (bicyclic) bond motifs is 1. The van der Waals surface area contributed by atoms with Crippen LogP contribution in [0.3, 0.4) is 0 Å². The highest BCUT2D eigenvalue weighted by molar-refractivity contribution is 5.84. The van der Waals surface area contributed by atoms with Crippen molar-refractivity contribution in [3.63, 3.8) is 0 Å². The van der Waals surface area contributed by atoms with Crippen LogP contribution in [0.25, 0.3) is 10.9 Å². The van der Waals surface area contributed by atoms with Crippen LogP contribution >= 0.6 is 0 Å². The molecule has 2 rings (SSSR count). The van der Waals surface area contributed by atoms with Crippen molar-refractivity contribution in [2.45, 2.75) is 26.8 Å². The van der Waals surface area contributed by atoms with Crippen LogP contribution in [0.2, 0.25) is 0 Å². The van der Waals surface area contributed by atoms with Crippen molar-refractivity contribution >= 4 is 16.6 Å². The fraction of sp³-hybridized carbons (Fsp3) is 0.333. The van der Waals surface area contributed by atoms with Gasteiger partial charge < -0.3 is 10.3 Å². The molecule has 0 bridgehead atoms. The molecule has 1 heterocycles. The lowest BCUT2D eigenvalue weighted by atomic mass is 10.2. The standard InChI is InChI=1S/C12H16N2/c1-8(2)14-9(3)6-10-7-11(13)4-5-12(10)14/h4-8H,13H2,1-3H3. The van der Waals surface area contributed by atoms with E-state index in [4.69, 9.17) is 5.73 Å². The number of hydrogen-bond donors (Lipinski definition) is 1. The average molecular weight is 188 g/mol. The maximum Gasteiger partial charge on any atom is 0.0486 e. The number of rotatable bonds is 1. The molecular formula is C12H16N2. The first-order chi connectivity index (χ1) is 6.59. The minimum Gasteiger partial charge on any atom is -0.399 e. The molecule has 1 aromatic carbocycles. The molecular weight excluding hydrogens is 172 g/mol. The van der Waals surface area contributed by atoms with E-state index >= 15 is 0 Å². The number of aryl methyl sites for hydroxylation is 1. The number of nitrogens with zero attached hydrogens (tertiary/aromatic N) is 1. The summed E-state index contributed by atoms with van der Waals surface area (Å²) in [7, 11) is 0. The monoisotopic (exact) mass is 188 g/mol. The van der Waals surface area contributed by atoms with Crippen molar-refractivity contribution in [3.05, 3.63) is 30.0 Å². The topological polar surface area (TPSA) is 30.9 Å². The number of hydrogen-bond acceptors (Lipinski definition) is 1. The van der Waals surface area contributed by atoms with Gasteiger partial charge in [-0.2, -0.15) is 0 Å². The predicted octanol–water partition coefficient (Wildman–Crippen LogP) is 3.11. The van der Waals surface area contributed by atoms with Crippen molar-refractivity contribution in [1.29, 1.82) is 0 Å². The smallest absolute Gasteiger partial charge is 0.0486 e. The summed E-state index contributed by atoms with van der Waals surface area (Å²) in [5, 5.41) is 1.23. The molecule has 0 atom stereocenters. The first-order valence-electron chi connectivity index (χ1n) is 4.96. The number of nitrogens with two attached hydrogens (primary N) is 1. The summed E-state index contributed by atoms with van der Waals surface area (Å²) in [6, 6.07) is 8.77. The summed E-state index contributed by atoms with van der Waals surface area (Å²) in [6.07, 6.45) is 0. The molecule has 0 saturated carbocycles. The molecule has 0 unspecified atom stereocenters. The van der Waals surface area contributed by atoms with E-state index in [1.54, 1.807) is 0 Å². The first kappa shape index (κ1) is 9.13. The third kappa shape index (κ3) is 1.27. The van der Waals surface area contributed by atoms with Gasteiger partial charge in [-0.3, -0.25) is 0 Å². The molecule has 0 spiro atoms. The predicted molar refractivity (Wildman–Crippen MR) is 61.5 cm³/mol. The summed E-state index contributed by atoms with van der Waals surface area (Å²) < 4.78 is 2.33. The maximum absolute atomic E-state index is 5.75. The minimum atomic E-state index is 0.496. The Labute approximate surface area is 84.3 Å². The second-order valence-corrected chi connectivity index (χ2v) is 4.07. The Morgan fingerprint density at radius 3 is 2.57 bits per heavy atom. The van der Waals surface area contributed by atoms with Crippen LogP contribution in [0.1, 0.15) is 25.6 Å². The lowest BCUT2D eigenvalue weighted by molar-refractivity contribution is 0.608. The van der Waals surface area contributed by atoms with Crippen LogP contribution in [0, 0.1) is 6.92 Å². The van der Waals surface area contributed by atoms with E-state index in [0.29, 0.717) is 6.04 Å². The number of benzene rings is 1. The van der Waals surface area contributed by atoms with Crippen LogP contribution in [0.4, 0.5) is 5.69 Å². The molecule has 0 fully saturated rings. The first-order valence-corrected chi connectivity index (χ1v) is 4.96. The van der Waals surface area contributed by atoms with Crippen LogP contribution in [-0.2, 0) is 0 Å². The van der Waals surface area contributed by atoms with E-state index in [0.717, 1.165) is 5.69 Å². The maximum atomic E-state index is 5.75. The van der Waals surface area contributed by atoms with Crippen molar-refractivity contribution in [1.82, 2.24) is 4.57 Å². The normalized spacial score (nSPS) is 11.4. The third-order valence-corrected chi connectivity index (χ3v) is 2.57. The molecule has 0 radical (unpaired) electrons. The van der Waals surface area contributed by atoms with E-state index in [9.17, 15) is 0 Å². The Kier molecular flexibility index (Phi) is 1.99. The number of nitrogen functional groups attached to an aromatic ring is 1. The Balaban J connectivity index is 2.77. The SMILES string of the molecule is Cc1cc2cc(N)ccc2n1C(C)C. The Bertz CT molecular complexity index is 466. The van der Waals surface area contributed by atoms with Gasteiger partial charge in [0, 0.05) is 28.3 Å². The fourth-order valence-corrected chi connectivity index (χ4v) is 2.08. The highest BCUT2D eigenvalue weighted by atomic mass is 15.0. The molecule has 0 amide bonds. The zero-order valence-corrected chi connectivity index (χ0v) is 8.91. The second kappa shape index (κ2) is 3.05. The molecule has 0 saturated heterocycles. The molecule has 2 nitrogen and oxygen atoms in total. The molecule has 74 valence electrons. The third-order valence-electron chi connectivity index (χ3n) is 2.57. The number of anilines is 1. The van der Waals surface area contributed by atoms with Crippen LogP contribution in [-0.4, -0.2) is 4.57 Å². The zero-order chi connectivity index (χ0) is 10.3. The van der Waals surface area contributed by atoms with Gasteiger partial charge in [-0.05, 0) is 45.0 Å². The lowest BCUT2D eigenvalue weighted by Gasteiger charge is -2.12. The van der Waals surface area contributed by atoms with E-state index < -0.39 is 0 Å². The van der Waals surface area contributed by atoms with Crippen molar-refractivity contribution in [3.8, 4) is 0 Å². The highest BCUT2D eigenvalue weighted by Crippen LogP contribution is 2.25. The molecule has 0 aliphatic heterocycles. The summed E-state index contributed by atoms with van der Waals surface area (Å²) in [5.41, 5.74) is 9.14. The van der Waals surface area contributed by atoms with Crippen molar-refractivity contribution < 1.29 is 0 Å². The second-order valence-electron chi connectivity index (χ2n) is 4.07. The zero-order valence-electron chi connectivity index (χ0n) is 8.91. The summed E-state index contributed by atoms with van der Waals surface area (Å²) in [4.78, 5) is 0. The summed E-state index contributed by atoms with van der Waals surface area (Å²) in [5.74, 6) is 0. The van der Waals surface area contributed by atoms with Gasteiger partial charge in [-0.25, -0.2) is 0 Å². The Hall–Kier alpha value is -1.44. The van der Waals surface area contributed by atoms with Crippen molar-refractivity contribution in [2.24, 2.45) is 0 Å². The van der Waals surface area contributed by atoms with Crippen LogP contribution < -0.4 is 5.73 Å². The molecule has 14 heavy (non-hydrogen) atoms. The lowest BCUT2D eigenvalue weighted by Crippen LogP contribution is -2.01. The van der Waals surface area contributed by atoms with Gasteiger partial charge in [0.2, 0.25) is 0 Å². The van der Waals surface area contributed by atoms with Gasteiger partial charge in [-0.1, -0.05) is 0 Å². The van der Waals surface area contributed by atoms with Gasteiger partial charge in [0.15, 0.2) is 0 Å². The van der Waals surface area contributed by atoms with Gasteiger partial charge in [0.25, 0.3) is 0 Å². The molecule has 1 aromatic heterocycles. The minimum absolute atomic E-state index is 0.496. The summed E-state index contributed by atoms with van der Waals surface area (Å²) >= 11 is 0. The van der Waals surface area contributed by atoms with E-state index in [2.05, 4.69) is 37.5 Å². The Morgan fingerprint density at radius 1 is 1.21 bits per heavy atom. The van der Waals surface area contributed by atoms with Gasteiger partial charge in [-0.15, -0.1) is 0 Å². The largest absolute Gasteiger partial charge is 0.399 e. The molecule has 2 aromatic rings. The molecule has 2 heteroatoms.